The van der Waals surface area contributed by atoms with Crippen LogP contribution in [-0.4, -0.2) is 31.2 Å². The normalized spacial score (nSPS) is 9.73. The van der Waals surface area contributed by atoms with Crippen LogP contribution in [0.2, 0.25) is 0 Å². The third kappa shape index (κ3) is 3.25. The molecule has 1 aromatic carbocycles. The molecule has 0 bridgehead atoms. The Balaban J connectivity index is 2.64. The first-order valence-corrected chi connectivity index (χ1v) is 4.95. The Morgan fingerprint density at radius 1 is 1.40 bits per heavy atom. The lowest BCUT2D eigenvalue weighted by molar-refractivity contribution is 0.0952. The molecule has 0 saturated heterocycles. The highest BCUT2D eigenvalue weighted by atomic mass is 16.3. The van der Waals surface area contributed by atoms with Gasteiger partial charge in [0.1, 0.15) is 0 Å². The van der Waals surface area contributed by atoms with Gasteiger partial charge in [0.2, 0.25) is 0 Å². The molecule has 1 amide bonds. The van der Waals surface area contributed by atoms with Crippen LogP contribution in [0.1, 0.15) is 16.8 Å². The molecule has 15 heavy (non-hydrogen) atoms. The van der Waals surface area contributed by atoms with E-state index in [1.54, 1.807) is 13.1 Å². The average Bonchev–Trinajstić information content (AvgIpc) is 2.29. The monoisotopic (exact) mass is 208 g/mol. The van der Waals surface area contributed by atoms with Crippen molar-refractivity contribution in [1.29, 1.82) is 0 Å². The molecule has 1 aromatic rings. The summed E-state index contributed by atoms with van der Waals surface area (Å²) >= 11 is 0. The number of benzene rings is 1. The topological polar surface area (TPSA) is 61.4 Å². The summed E-state index contributed by atoms with van der Waals surface area (Å²) in [5.41, 5.74) is 1.43. The summed E-state index contributed by atoms with van der Waals surface area (Å²) in [6.45, 7) is 0.585. The molecule has 3 N–H and O–H groups in total. The van der Waals surface area contributed by atoms with Crippen LogP contribution < -0.4 is 10.6 Å². The van der Waals surface area contributed by atoms with E-state index in [-0.39, 0.29) is 12.5 Å². The number of para-hydroxylation sites is 1. The van der Waals surface area contributed by atoms with Gasteiger partial charge in [-0.2, -0.15) is 0 Å². The van der Waals surface area contributed by atoms with E-state index in [0.29, 0.717) is 18.5 Å². The third-order valence-electron chi connectivity index (χ3n) is 2.06. The highest BCUT2D eigenvalue weighted by molar-refractivity contribution is 5.99. The summed E-state index contributed by atoms with van der Waals surface area (Å²) in [5.74, 6) is -0.117. The Kier molecular flexibility index (Phi) is 4.63. The first-order valence-electron chi connectivity index (χ1n) is 4.95. The van der Waals surface area contributed by atoms with Crippen LogP contribution in [0.25, 0.3) is 0 Å². The zero-order valence-corrected chi connectivity index (χ0v) is 8.79. The average molecular weight is 208 g/mol. The number of carbonyl (C=O) groups excluding carboxylic acids is 1. The van der Waals surface area contributed by atoms with Crippen molar-refractivity contribution in [1.82, 2.24) is 5.32 Å². The number of amides is 1. The van der Waals surface area contributed by atoms with Crippen molar-refractivity contribution in [3.05, 3.63) is 29.8 Å². The van der Waals surface area contributed by atoms with E-state index in [9.17, 15) is 4.79 Å². The molecule has 0 radical (unpaired) electrons. The first-order chi connectivity index (χ1) is 7.29. The molecule has 0 unspecified atom stereocenters. The lowest BCUT2D eigenvalue weighted by Crippen LogP contribution is -2.25. The molecule has 4 heteroatoms. The van der Waals surface area contributed by atoms with Gasteiger partial charge in [-0.05, 0) is 18.6 Å². The van der Waals surface area contributed by atoms with Gasteiger partial charge in [0, 0.05) is 25.9 Å². The maximum atomic E-state index is 11.7. The fraction of sp³-hybridized carbons (Fsp3) is 0.364. The largest absolute Gasteiger partial charge is 0.396 e. The van der Waals surface area contributed by atoms with Gasteiger partial charge in [-0.25, -0.2) is 0 Å². The van der Waals surface area contributed by atoms with Crippen molar-refractivity contribution in [2.45, 2.75) is 6.42 Å². The number of anilines is 1. The quantitative estimate of drug-likeness (QED) is 0.628. The molecule has 0 aliphatic carbocycles. The van der Waals surface area contributed by atoms with E-state index in [4.69, 9.17) is 5.11 Å². The fourth-order valence-corrected chi connectivity index (χ4v) is 1.28. The van der Waals surface area contributed by atoms with Gasteiger partial charge in [-0.15, -0.1) is 0 Å². The summed E-state index contributed by atoms with van der Waals surface area (Å²) in [6.07, 6.45) is 0.577. The van der Waals surface area contributed by atoms with Crippen LogP contribution in [-0.2, 0) is 0 Å². The van der Waals surface area contributed by atoms with Gasteiger partial charge in [0.05, 0.1) is 5.56 Å². The number of hydrogen-bond acceptors (Lipinski definition) is 3. The molecule has 0 spiro atoms. The van der Waals surface area contributed by atoms with Gasteiger partial charge >= 0.3 is 0 Å². The second-order valence-corrected chi connectivity index (χ2v) is 3.13. The van der Waals surface area contributed by atoms with Gasteiger partial charge in [0.15, 0.2) is 0 Å². The molecule has 82 valence electrons. The molecule has 0 aliphatic rings. The van der Waals surface area contributed by atoms with E-state index < -0.39 is 0 Å². The van der Waals surface area contributed by atoms with E-state index in [2.05, 4.69) is 10.6 Å². The molecule has 4 nitrogen and oxygen atoms in total. The summed E-state index contributed by atoms with van der Waals surface area (Å²) in [6, 6.07) is 7.30. The number of nitrogens with one attached hydrogen (secondary N) is 2. The molecular weight excluding hydrogens is 192 g/mol. The highest BCUT2D eigenvalue weighted by Gasteiger charge is 2.08. The lowest BCUT2D eigenvalue weighted by Gasteiger charge is -2.08. The summed E-state index contributed by atoms with van der Waals surface area (Å²) in [4.78, 5) is 11.7. The Hall–Kier alpha value is -1.55. The Labute approximate surface area is 89.3 Å². The van der Waals surface area contributed by atoms with Crippen LogP contribution in [0.4, 0.5) is 5.69 Å². The third-order valence-corrected chi connectivity index (χ3v) is 2.06. The SMILES string of the molecule is CNc1ccccc1C(=O)NCCCO. The standard InChI is InChI=1S/C11H16N2O2/c1-12-10-6-3-2-5-9(10)11(15)13-7-4-8-14/h2-3,5-6,12,14H,4,7-8H2,1H3,(H,13,15). The van der Waals surface area contributed by atoms with Gasteiger partial charge in [0.25, 0.3) is 5.91 Å². The molecule has 1 rings (SSSR count). The molecule has 0 atom stereocenters. The second-order valence-electron chi connectivity index (χ2n) is 3.13. The molecule has 0 fully saturated rings. The van der Waals surface area contributed by atoms with Crippen molar-refractivity contribution >= 4 is 11.6 Å². The zero-order chi connectivity index (χ0) is 11.1. The van der Waals surface area contributed by atoms with Crippen molar-refractivity contribution in [2.24, 2.45) is 0 Å². The number of aliphatic hydroxyl groups is 1. The first kappa shape index (κ1) is 11.5. The lowest BCUT2D eigenvalue weighted by atomic mass is 10.1. The maximum absolute atomic E-state index is 11.7. The molecule has 0 aromatic heterocycles. The van der Waals surface area contributed by atoms with Gasteiger partial charge < -0.3 is 15.7 Å². The number of rotatable bonds is 5. The van der Waals surface area contributed by atoms with Crippen LogP contribution >= 0.6 is 0 Å². The highest BCUT2D eigenvalue weighted by Crippen LogP contribution is 2.13. The second kappa shape index (κ2) is 6.03. The van der Waals surface area contributed by atoms with Crippen LogP contribution in [0.5, 0.6) is 0 Å². The van der Waals surface area contributed by atoms with E-state index in [0.717, 1.165) is 5.69 Å². The minimum absolute atomic E-state index is 0.0912. The van der Waals surface area contributed by atoms with E-state index in [1.165, 1.54) is 0 Å². The summed E-state index contributed by atoms with van der Waals surface area (Å²) < 4.78 is 0. The van der Waals surface area contributed by atoms with Gasteiger partial charge in [-0.3, -0.25) is 4.79 Å². The minimum Gasteiger partial charge on any atom is -0.396 e. The fourth-order valence-electron chi connectivity index (χ4n) is 1.28. The number of aliphatic hydroxyl groups excluding tert-OH is 1. The molecule has 0 saturated carbocycles. The van der Waals surface area contributed by atoms with Crippen molar-refractivity contribution in [3.8, 4) is 0 Å². The molecule has 0 aliphatic heterocycles. The Morgan fingerprint density at radius 3 is 2.80 bits per heavy atom. The summed E-state index contributed by atoms with van der Waals surface area (Å²) in [5, 5.41) is 14.3. The summed E-state index contributed by atoms with van der Waals surface area (Å²) in [7, 11) is 1.78. The molecular formula is C11H16N2O2. The predicted molar refractivity (Wildman–Crippen MR) is 60.0 cm³/mol. The van der Waals surface area contributed by atoms with Crippen LogP contribution in [0.3, 0.4) is 0 Å². The van der Waals surface area contributed by atoms with E-state index >= 15 is 0 Å². The molecule has 0 heterocycles. The van der Waals surface area contributed by atoms with Gasteiger partial charge in [-0.1, -0.05) is 12.1 Å². The number of hydrogen-bond donors (Lipinski definition) is 3. The Morgan fingerprint density at radius 2 is 2.13 bits per heavy atom. The van der Waals surface area contributed by atoms with Crippen LogP contribution in [0, 0.1) is 0 Å². The Bertz CT molecular complexity index is 326. The van der Waals surface area contributed by atoms with Crippen LogP contribution in [0.15, 0.2) is 24.3 Å². The zero-order valence-electron chi connectivity index (χ0n) is 8.79. The number of carbonyl (C=O) groups is 1. The van der Waals surface area contributed by atoms with Crippen molar-refractivity contribution in [2.75, 3.05) is 25.5 Å². The predicted octanol–water partition coefficient (Wildman–Crippen LogP) is 0.840. The van der Waals surface area contributed by atoms with Crippen molar-refractivity contribution < 1.29 is 9.90 Å². The smallest absolute Gasteiger partial charge is 0.253 e. The minimum atomic E-state index is -0.117. The van der Waals surface area contributed by atoms with Crippen molar-refractivity contribution in [3.63, 3.8) is 0 Å². The van der Waals surface area contributed by atoms with E-state index in [1.807, 2.05) is 18.2 Å². The maximum Gasteiger partial charge on any atom is 0.253 e.